The minimum atomic E-state index is 0.480. The molecular formula is C17H31NO. The van der Waals surface area contributed by atoms with E-state index in [1.807, 2.05) is 0 Å². The van der Waals surface area contributed by atoms with E-state index in [9.17, 15) is 0 Å². The Morgan fingerprint density at radius 2 is 2.00 bits per heavy atom. The van der Waals surface area contributed by atoms with Crippen molar-refractivity contribution in [2.45, 2.75) is 71.9 Å². The van der Waals surface area contributed by atoms with Gasteiger partial charge in [-0.25, -0.2) is 0 Å². The van der Waals surface area contributed by atoms with Crippen LogP contribution in [-0.4, -0.2) is 25.3 Å². The highest BCUT2D eigenvalue weighted by atomic mass is 16.5. The molecule has 0 aromatic rings. The van der Waals surface area contributed by atoms with Gasteiger partial charge < -0.3 is 10.1 Å². The predicted molar refractivity (Wildman–Crippen MR) is 79.2 cm³/mol. The molecule has 0 amide bonds. The summed E-state index contributed by atoms with van der Waals surface area (Å²) in [5.74, 6) is 1.68. The van der Waals surface area contributed by atoms with E-state index in [0.717, 1.165) is 25.0 Å². The van der Waals surface area contributed by atoms with Crippen LogP contribution in [0.15, 0.2) is 0 Å². The molecule has 1 saturated heterocycles. The SMILES string of the molecule is CCC1OCCC1CNC1C2(C)CCC(C2)C1(C)C. The minimum Gasteiger partial charge on any atom is -0.378 e. The summed E-state index contributed by atoms with van der Waals surface area (Å²) in [5, 5.41) is 3.97. The van der Waals surface area contributed by atoms with Gasteiger partial charge in [0.25, 0.3) is 0 Å². The Labute approximate surface area is 118 Å². The first kappa shape index (κ1) is 13.9. The summed E-state index contributed by atoms with van der Waals surface area (Å²) >= 11 is 0. The molecule has 0 spiro atoms. The summed E-state index contributed by atoms with van der Waals surface area (Å²) < 4.78 is 5.83. The summed E-state index contributed by atoms with van der Waals surface area (Å²) in [6, 6.07) is 0.705. The fourth-order valence-electron chi connectivity index (χ4n) is 5.46. The van der Waals surface area contributed by atoms with Gasteiger partial charge in [0.15, 0.2) is 0 Å². The largest absolute Gasteiger partial charge is 0.378 e. The Kier molecular flexibility index (Phi) is 3.46. The molecule has 0 aromatic heterocycles. The van der Waals surface area contributed by atoms with Crippen molar-refractivity contribution in [3.8, 4) is 0 Å². The lowest BCUT2D eigenvalue weighted by molar-refractivity contribution is 0.0739. The quantitative estimate of drug-likeness (QED) is 0.838. The van der Waals surface area contributed by atoms with Gasteiger partial charge in [0.2, 0.25) is 0 Å². The van der Waals surface area contributed by atoms with Crippen LogP contribution in [0.5, 0.6) is 0 Å². The first-order valence-electron chi connectivity index (χ1n) is 8.32. The summed E-state index contributed by atoms with van der Waals surface area (Å²) in [5.41, 5.74) is 1.03. The maximum absolute atomic E-state index is 5.83. The highest BCUT2D eigenvalue weighted by Crippen LogP contribution is 2.62. The van der Waals surface area contributed by atoms with Crippen molar-refractivity contribution in [2.24, 2.45) is 22.7 Å². The number of hydrogen-bond acceptors (Lipinski definition) is 2. The van der Waals surface area contributed by atoms with Crippen LogP contribution in [0.4, 0.5) is 0 Å². The van der Waals surface area contributed by atoms with Crippen molar-refractivity contribution >= 4 is 0 Å². The lowest BCUT2D eigenvalue weighted by Gasteiger charge is -2.44. The molecule has 110 valence electrons. The van der Waals surface area contributed by atoms with Gasteiger partial charge in [-0.1, -0.05) is 27.7 Å². The van der Waals surface area contributed by atoms with E-state index in [1.54, 1.807) is 0 Å². The standard InChI is InChI=1S/C17H31NO/c1-5-14-12(7-9-19-14)11-18-15-16(2,3)13-6-8-17(15,4)10-13/h12-15,18H,5-11H2,1-4H3. The van der Waals surface area contributed by atoms with Gasteiger partial charge in [0, 0.05) is 19.2 Å². The molecule has 2 heteroatoms. The van der Waals surface area contributed by atoms with Crippen molar-refractivity contribution in [1.82, 2.24) is 5.32 Å². The van der Waals surface area contributed by atoms with Crippen molar-refractivity contribution in [1.29, 1.82) is 0 Å². The average Bonchev–Trinajstić information content (AvgIpc) is 2.99. The third-order valence-electron chi connectivity index (χ3n) is 6.60. The van der Waals surface area contributed by atoms with Gasteiger partial charge in [-0.3, -0.25) is 0 Å². The molecule has 1 N–H and O–H groups in total. The minimum absolute atomic E-state index is 0.480. The first-order valence-corrected chi connectivity index (χ1v) is 8.32. The Bertz CT molecular complexity index is 335. The zero-order valence-corrected chi connectivity index (χ0v) is 13.2. The molecule has 19 heavy (non-hydrogen) atoms. The van der Waals surface area contributed by atoms with Crippen molar-refractivity contribution in [2.75, 3.05) is 13.2 Å². The number of fused-ring (bicyclic) bond motifs is 2. The van der Waals surface area contributed by atoms with Crippen LogP contribution in [0.25, 0.3) is 0 Å². The fraction of sp³-hybridized carbons (Fsp3) is 1.00. The maximum atomic E-state index is 5.83. The van der Waals surface area contributed by atoms with Gasteiger partial charge in [-0.15, -0.1) is 0 Å². The topological polar surface area (TPSA) is 21.3 Å². The van der Waals surface area contributed by atoms with Crippen LogP contribution in [0.2, 0.25) is 0 Å². The van der Waals surface area contributed by atoms with Crippen LogP contribution in [0.3, 0.4) is 0 Å². The molecule has 3 aliphatic rings. The Morgan fingerprint density at radius 1 is 1.21 bits per heavy atom. The van der Waals surface area contributed by atoms with Crippen LogP contribution in [0, 0.1) is 22.7 Å². The molecule has 0 aromatic carbocycles. The Balaban J connectivity index is 1.63. The van der Waals surface area contributed by atoms with E-state index in [0.29, 0.717) is 23.0 Å². The van der Waals surface area contributed by atoms with E-state index in [4.69, 9.17) is 4.74 Å². The molecule has 2 nitrogen and oxygen atoms in total. The van der Waals surface area contributed by atoms with Gasteiger partial charge in [0.1, 0.15) is 0 Å². The Hall–Kier alpha value is -0.0800. The van der Waals surface area contributed by atoms with Crippen LogP contribution < -0.4 is 5.32 Å². The number of hydrogen-bond donors (Lipinski definition) is 1. The number of ether oxygens (including phenoxy) is 1. The van der Waals surface area contributed by atoms with Gasteiger partial charge in [-0.2, -0.15) is 0 Å². The number of nitrogens with one attached hydrogen (secondary N) is 1. The predicted octanol–water partition coefficient (Wildman–Crippen LogP) is 3.61. The third-order valence-corrected chi connectivity index (χ3v) is 6.60. The van der Waals surface area contributed by atoms with Crippen molar-refractivity contribution < 1.29 is 4.74 Å². The summed E-state index contributed by atoms with van der Waals surface area (Å²) in [6.45, 7) is 11.9. The molecule has 1 heterocycles. The zero-order valence-electron chi connectivity index (χ0n) is 13.2. The van der Waals surface area contributed by atoms with E-state index in [1.165, 1.54) is 32.1 Å². The van der Waals surface area contributed by atoms with Crippen LogP contribution >= 0.6 is 0 Å². The second-order valence-corrected chi connectivity index (χ2v) is 8.12. The lowest BCUT2D eigenvalue weighted by atomic mass is 9.68. The lowest BCUT2D eigenvalue weighted by Crippen LogP contribution is -2.51. The number of rotatable bonds is 4. The highest BCUT2D eigenvalue weighted by Gasteiger charge is 2.59. The third kappa shape index (κ3) is 2.15. The molecule has 2 aliphatic carbocycles. The van der Waals surface area contributed by atoms with Crippen molar-refractivity contribution in [3.63, 3.8) is 0 Å². The summed E-state index contributed by atoms with van der Waals surface area (Å²) in [4.78, 5) is 0. The summed E-state index contributed by atoms with van der Waals surface area (Å²) in [7, 11) is 0. The molecule has 0 radical (unpaired) electrons. The molecule has 3 fully saturated rings. The molecule has 2 saturated carbocycles. The normalized spacial score (nSPS) is 48.0. The molecule has 5 atom stereocenters. The van der Waals surface area contributed by atoms with Crippen LogP contribution in [-0.2, 0) is 4.74 Å². The van der Waals surface area contributed by atoms with Crippen LogP contribution in [0.1, 0.15) is 59.8 Å². The maximum Gasteiger partial charge on any atom is 0.0613 e. The molecule has 3 rings (SSSR count). The summed E-state index contributed by atoms with van der Waals surface area (Å²) in [6.07, 6.45) is 7.24. The second kappa shape index (κ2) is 4.73. The Morgan fingerprint density at radius 3 is 2.63 bits per heavy atom. The monoisotopic (exact) mass is 265 g/mol. The second-order valence-electron chi connectivity index (χ2n) is 8.12. The highest BCUT2D eigenvalue weighted by molar-refractivity contribution is 5.12. The van der Waals surface area contributed by atoms with E-state index in [2.05, 4.69) is 33.0 Å². The molecule has 5 unspecified atom stereocenters. The molecular weight excluding hydrogens is 234 g/mol. The van der Waals surface area contributed by atoms with Gasteiger partial charge in [-0.05, 0) is 54.8 Å². The van der Waals surface area contributed by atoms with Gasteiger partial charge in [0.05, 0.1) is 6.10 Å². The fourth-order valence-corrected chi connectivity index (χ4v) is 5.46. The first-order chi connectivity index (χ1) is 8.97. The average molecular weight is 265 g/mol. The van der Waals surface area contributed by atoms with E-state index in [-0.39, 0.29) is 0 Å². The molecule has 1 aliphatic heterocycles. The zero-order chi connectivity index (χ0) is 13.7. The smallest absolute Gasteiger partial charge is 0.0613 e. The molecule has 2 bridgehead atoms. The van der Waals surface area contributed by atoms with E-state index >= 15 is 0 Å². The van der Waals surface area contributed by atoms with E-state index < -0.39 is 0 Å². The van der Waals surface area contributed by atoms with Gasteiger partial charge >= 0.3 is 0 Å². The van der Waals surface area contributed by atoms with Crippen molar-refractivity contribution in [3.05, 3.63) is 0 Å².